The van der Waals surface area contributed by atoms with Gasteiger partial charge in [-0.25, -0.2) is 0 Å². The Bertz CT molecular complexity index is 1080. The molecule has 0 aliphatic rings. The van der Waals surface area contributed by atoms with Crippen molar-refractivity contribution < 1.29 is 9.59 Å². The van der Waals surface area contributed by atoms with Gasteiger partial charge in [0.1, 0.15) is 6.04 Å². The fourth-order valence-electron chi connectivity index (χ4n) is 3.89. The Hall–Kier alpha value is -2.92. The molecule has 0 aromatic heterocycles. The van der Waals surface area contributed by atoms with Crippen molar-refractivity contribution in [1.82, 2.24) is 10.2 Å². The van der Waals surface area contributed by atoms with E-state index in [4.69, 9.17) is 0 Å². The zero-order valence-electron chi connectivity index (χ0n) is 19.5. The van der Waals surface area contributed by atoms with Gasteiger partial charge in [0, 0.05) is 24.0 Å². The summed E-state index contributed by atoms with van der Waals surface area (Å²) in [4.78, 5) is 28.7. The minimum Gasteiger partial charge on any atom is -0.355 e. The number of hydrogen-bond acceptors (Lipinski definition) is 2. The van der Waals surface area contributed by atoms with Gasteiger partial charge in [-0.2, -0.15) is 0 Å². The molecular weight excluding hydrogens is 476 g/mol. The molecule has 0 saturated carbocycles. The highest BCUT2D eigenvalue weighted by Gasteiger charge is 2.30. The summed E-state index contributed by atoms with van der Waals surface area (Å²) in [6.45, 7) is 6.83. The topological polar surface area (TPSA) is 49.4 Å². The quantitative estimate of drug-likeness (QED) is 0.423. The maximum absolute atomic E-state index is 13.7. The standard InChI is InChI=1S/C28H31BrN2O2/c1-4-30-28(33)26(17-22-8-6-5-7-9-22)31(19-23-12-14-25(29)15-13-23)27(32)18-24-16-20(2)10-11-21(24)3/h5-16,26H,4,17-19H2,1-3H3,(H,30,33). The molecule has 0 aliphatic heterocycles. The second-order valence-electron chi connectivity index (χ2n) is 8.35. The van der Waals surface area contributed by atoms with E-state index >= 15 is 0 Å². The smallest absolute Gasteiger partial charge is 0.243 e. The van der Waals surface area contributed by atoms with Gasteiger partial charge in [0.25, 0.3) is 0 Å². The lowest BCUT2D eigenvalue weighted by molar-refractivity contribution is -0.140. The van der Waals surface area contributed by atoms with Gasteiger partial charge in [0.2, 0.25) is 11.8 Å². The molecule has 0 saturated heterocycles. The Morgan fingerprint density at radius 1 is 0.939 bits per heavy atom. The van der Waals surface area contributed by atoms with Gasteiger partial charge >= 0.3 is 0 Å². The lowest BCUT2D eigenvalue weighted by atomic mass is 9.99. The molecule has 1 unspecified atom stereocenters. The highest BCUT2D eigenvalue weighted by Crippen LogP contribution is 2.19. The Balaban J connectivity index is 1.97. The largest absolute Gasteiger partial charge is 0.355 e. The summed E-state index contributed by atoms with van der Waals surface area (Å²) in [6, 6.07) is 23.3. The van der Waals surface area contributed by atoms with E-state index in [-0.39, 0.29) is 18.2 Å². The fourth-order valence-corrected chi connectivity index (χ4v) is 4.15. The Morgan fingerprint density at radius 2 is 1.64 bits per heavy atom. The second kappa shape index (κ2) is 11.8. The van der Waals surface area contributed by atoms with Crippen molar-refractivity contribution in [3.63, 3.8) is 0 Å². The Labute approximate surface area is 205 Å². The number of nitrogens with zero attached hydrogens (tertiary/aromatic N) is 1. The molecular formula is C28H31BrN2O2. The number of nitrogens with one attached hydrogen (secondary N) is 1. The first-order valence-electron chi connectivity index (χ1n) is 11.3. The summed E-state index contributed by atoms with van der Waals surface area (Å²) < 4.78 is 0.976. The van der Waals surface area contributed by atoms with Crippen LogP contribution >= 0.6 is 15.9 Å². The average molecular weight is 507 g/mol. The van der Waals surface area contributed by atoms with Crippen molar-refractivity contribution in [2.24, 2.45) is 0 Å². The van der Waals surface area contributed by atoms with Gasteiger partial charge in [-0.05, 0) is 55.2 Å². The van der Waals surface area contributed by atoms with Crippen LogP contribution in [-0.4, -0.2) is 29.3 Å². The van der Waals surface area contributed by atoms with Crippen LogP contribution < -0.4 is 5.32 Å². The first-order valence-corrected chi connectivity index (χ1v) is 12.1. The van der Waals surface area contributed by atoms with Crippen molar-refractivity contribution in [2.45, 2.75) is 46.2 Å². The average Bonchev–Trinajstić information content (AvgIpc) is 2.80. The van der Waals surface area contributed by atoms with E-state index in [0.717, 1.165) is 32.3 Å². The molecule has 172 valence electrons. The van der Waals surface area contributed by atoms with Gasteiger partial charge in [0.05, 0.1) is 6.42 Å². The maximum Gasteiger partial charge on any atom is 0.243 e. The van der Waals surface area contributed by atoms with Crippen LogP contribution in [-0.2, 0) is 29.0 Å². The predicted molar refractivity (Wildman–Crippen MR) is 137 cm³/mol. The van der Waals surface area contributed by atoms with Crippen LogP contribution in [0.1, 0.15) is 34.7 Å². The van der Waals surface area contributed by atoms with Crippen LogP contribution in [0.2, 0.25) is 0 Å². The van der Waals surface area contributed by atoms with E-state index in [1.807, 2.05) is 81.4 Å². The lowest BCUT2D eigenvalue weighted by Crippen LogP contribution is -2.51. The predicted octanol–water partition coefficient (Wildman–Crippen LogP) is 5.38. The van der Waals surface area contributed by atoms with Crippen LogP contribution in [0.25, 0.3) is 0 Å². The molecule has 1 N–H and O–H groups in total. The number of aryl methyl sites for hydroxylation is 2. The van der Waals surface area contributed by atoms with Gasteiger partial charge in [0.15, 0.2) is 0 Å². The lowest BCUT2D eigenvalue weighted by Gasteiger charge is -2.32. The fraction of sp³-hybridized carbons (Fsp3) is 0.286. The molecule has 33 heavy (non-hydrogen) atoms. The van der Waals surface area contributed by atoms with E-state index in [2.05, 4.69) is 33.4 Å². The van der Waals surface area contributed by atoms with Crippen LogP contribution in [0.15, 0.2) is 77.3 Å². The number of hydrogen-bond donors (Lipinski definition) is 1. The number of halogens is 1. The molecule has 0 radical (unpaired) electrons. The molecule has 5 heteroatoms. The molecule has 3 rings (SSSR count). The van der Waals surface area contributed by atoms with Crippen molar-refractivity contribution in [1.29, 1.82) is 0 Å². The number of rotatable bonds is 9. The summed E-state index contributed by atoms with van der Waals surface area (Å²) in [7, 11) is 0. The Morgan fingerprint density at radius 3 is 2.30 bits per heavy atom. The molecule has 0 spiro atoms. The molecule has 0 fully saturated rings. The van der Waals surface area contributed by atoms with Gasteiger partial charge in [-0.15, -0.1) is 0 Å². The van der Waals surface area contributed by atoms with Crippen LogP contribution in [0, 0.1) is 13.8 Å². The minimum atomic E-state index is -0.603. The second-order valence-corrected chi connectivity index (χ2v) is 9.27. The third-order valence-corrected chi connectivity index (χ3v) is 6.26. The van der Waals surface area contributed by atoms with Crippen LogP contribution in [0.3, 0.4) is 0 Å². The van der Waals surface area contributed by atoms with E-state index in [1.165, 1.54) is 0 Å². The van der Waals surface area contributed by atoms with E-state index in [0.29, 0.717) is 19.5 Å². The third-order valence-electron chi connectivity index (χ3n) is 5.73. The number of carbonyl (C=O) groups is 2. The summed E-state index contributed by atoms with van der Waals surface area (Å²) in [5.41, 5.74) is 5.20. The van der Waals surface area contributed by atoms with Crippen molar-refractivity contribution >= 4 is 27.7 Å². The zero-order valence-corrected chi connectivity index (χ0v) is 21.1. The van der Waals surface area contributed by atoms with Gasteiger partial charge in [-0.3, -0.25) is 9.59 Å². The van der Waals surface area contributed by atoms with E-state index in [1.54, 1.807) is 4.90 Å². The van der Waals surface area contributed by atoms with Crippen molar-refractivity contribution in [2.75, 3.05) is 6.54 Å². The highest BCUT2D eigenvalue weighted by atomic mass is 79.9. The van der Waals surface area contributed by atoms with Gasteiger partial charge < -0.3 is 10.2 Å². The summed E-state index contributed by atoms with van der Waals surface area (Å²) in [5, 5.41) is 2.94. The van der Waals surface area contributed by atoms with Crippen LogP contribution in [0.4, 0.5) is 0 Å². The first kappa shape index (κ1) is 24.7. The maximum atomic E-state index is 13.7. The molecule has 0 bridgehead atoms. The first-order chi connectivity index (χ1) is 15.9. The Kier molecular flexibility index (Phi) is 8.84. The minimum absolute atomic E-state index is 0.0567. The normalized spacial score (nSPS) is 11.6. The van der Waals surface area contributed by atoms with E-state index in [9.17, 15) is 9.59 Å². The molecule has 3 aromatic rings. The molecule has 4 nitrogen and oxygen atoms in total. The SMILES string of the molecule is CCNC(=O)C(Cc1ccccc1)N(Cc1ccc(Br)cc1)C(=O)Cc1cc(C)ccc1C. The number of amides is 2. The number of likely N-dealkylation sites (N-methyl/N-ethyl adjacent to an activating group) is 1. The molecule has 2 amide bonds. The van der Waals surface area contributed by atoms with Crippen LogP contribution in [0.5, 0.6) is 0 Å². The van der Waals surface area contributed by atoms with Gasteiger partial charge in [-0.1, -0.05) is 82.2 Å². The summed E-state index contributed by atoms with van der Waals surface area (Å²) >= 11 is 3.47. The summed E-state index contributed by atoms with van der Waals surface area (Å²) in [5.74, 6) is -0.188. The third kappa shape index (κ3) is 7.03. The highest BCUT2D eigenvalue weighted by molar-refractivity contribution is 9.10. The van der Waals surface area contributed by atoms with E-state index < -0.39 is 6.04 Å². The number of carbonyl (C=O) groups excluding carboxylic acids is 2. The number of benzene rings is 3. The van der Waals surface area contributed by atoms with Crippen molar-refractivity contribution in [3.8, 4) is 0 Å². The summed E-state index contributed by atoms with van der Waals surface area (Å²) in [6.07, 6.45) is 0.719. The monoisotopic (exact) mass is 506 g/mol. The molecule has 0 aliphatic carbocycles. The molecule has 0 heterocycles. The van der Waals surface area contributed by atoms with Crippen molar-refractivity contribution in [3.05, 3.63) is 105 Å². The molecule has 3 aromatic carbocycles. The zero-order chi connectivity index (χ0) is 23.8. The molecule has 1 atom stereocenters.